The molecule has 0 fully saturated rings. The van der Waals surface area contributed by atoms with Gasteiger partial charge in [0.15, 0.2) is 5.96 Å². The number of guanidine groups is 1. The zero-order chi connectivity index (χ0) is 15.2. The molecule has 4 nitrogen and oxygen atoms in total. The summed E-state index contributed by atoms with van der Waals surface area (Å²) in [6, 6.07) is 5.21. The van der Waals surface area contributed by atoms with Gasteiger partial charge in [-0.25, -0.2) is 4.39 Å². The predicted octanol–water partition coefficient (Wildman–Crippen LogP) is 2.22. The fourth-order valence-corrected chi connectivity index (χ4v) is 1.52. The molecular formula is C15H24FN3O. The summed E-state index contributed by atoms with van der Waals surface area (Å²) >= 11 is 0. The first-order valence-electron chi connectivity index (χ1n) is 6.62. The van der Waals surface area contributed by atoms with Crippen molar-refractivity contribution in [3.63, 3.8) is 0 Å². The Kier molecular flexibility index (Phi) is 5.95. The van der Waals surface area contributed by atoms with Crippen LogP contribution in [0.3, 0.4) is 0 Å². The van der Waals surface area contributed by atoms with Crippen LogP contribution in [0.5, 0.6) is 0 Å². The van der Waals surface area contributed by atoms with Crippen molar-refractivity contribution >= 4 is 5.96 Å². The molecule has 2 N–H and O–H groups in total. The summed E-state index contributed by atoms with van der Waals surface area (Å²) in [5.41, 5.74) is 1.26. The highest BCUT2D eigenvalue weighted by atomic mass is 19.1. The second kappa shape index (κ2) is 7.24. The lowest BCUT2D eigenvalue weighted by molar-refractivity contribution is 0.0268. The molecule has 112 valence electrons. The number of hydrogen-bond donors (Lipinski definition) is 2. The monoisotopic (exact) mass is 281 g/mol. The predicted molar refractivity (Wildman–Crippen MR) is 80.4 cm³/mol. The summed E-state index contributed by atoms with van der Waals surface area (Å²) in [6.07, 6.45) is 0. The van der Waals surface area contributed by atoms with E-state index < -0.39 is 0 Å². The van der Waals surface area contributed by atoms with Crippen LogP contribution < -0.4 is 10.6 Å². The number of hydrogen-bond acceptors (Lipinski definition) is 2. The maximum Gasteiger partial charge on any atom is 0.191 e. The van der Waals surface area contributed by atoms with Crippen molar-refractivity contribution in [2.75, 3.05) is 20.7 Å². The molecule has 1 aromatic carbocycles. The van der Waals surface area contributed by atoms with Gasteiger partial charge in [-0.3, -0.25) is 4.99 Å². The van der Waals surface area contributed by atoms with Crippen LogP contribution in [0.15, 0.2) is 23.2 Å². The second-order valence-electron chi connectivity index (χ2n) is 5.33. The van der Waals surface area contributed by atoms with E-state index in [9.17, 15) is 4.39 Å². The van der Waals surface area contributed by atoms with Gasteiger partial charge in [0.05, 0.1) is 5.60 Å². The van der Waals surface area contributed by atoms with E-state index in [0.717, 1.165) is 5.56 Å². The number of benzene rings is 1. The van der Waals surface area contributed by atoms with Crippen LogP contribution in [0.4, 0.5) is 4.39 Å². The number of nitrogens with zero attached hydrogens (tertiary/aromatic N) is 1. The fourth-order valence-electron chi connectivity index (χ4n) is 1.52. The van der Waals surface area contributed by atoms with E-state index in [-0.39, 0.29) is 11.4 Å². The standard InChI is InChI=1S/C15H24FN3O/c1-11-6-7-12(8-13(11)16)9-18-14(17-4)19-10-15(2,3)20-5/h6-8H,9-10H2,1-5H3,(H2,17,18,19). The first-order valence-corrected chi connectivity index (χ1v) is 6.62. The van der Waals surface area contributed by atoms with E-state index in [4.69, 9.17) is 4.74 Å². The molecule has 0 aromatic heterocycles. The summed E-state index contributed by atoms with van der Waals surface area (Å²) in [4.78, 5) is 4.13. The zero-order valence-corrected chi connectivity index (χ0v) is 12.9. The first-order chi connectivity index (χ1) is 9.38. The number of halogens is 1. The Labute approximate surface area is 120 Å². The molecule has 1 rings (SSSR count). The van der Waals surface area contributed by atoms with Gasteiger partial charge in [-0.2, -0.15) is 0 Å². The van der Waals surface area contributed by atoms with Crippen LogP contribution in [0, 0.1) is 12.7 Å². The Balaban J connectivity index is 2.51. The molecule has 0 aliphatic rings. The number of ether oxygens (including phenoxy) is 1. The van der Waals surface area contributed by atoms with E-state index in [0.29, 0.717) is 24.6 Å². The molecule has 0 saturated carbocycles. The molecular weight excluding hydrogens is 257 g/mol. The SMILES string of the molecule is CN=C(NCc1ccc(C)c(F)c1)NCC(C)(C)OC. The maximum atomic E-state index is 13.4. The summed E-state index contributed by atoms with van der Waals surface area (Å²) < 4.78 is 18.8. The van der Waals surface area contributed by atoms with Gasteiger partial charge in [-0.15, -0.1) is 0 Å². The van der Waals surface area contributed by atoms with Crippen LogP contribution in [-0.4, -0.2) is 32.3 Å². The average Bonchev–Trinajstić information content (AvgIpc) is 2.42. The molecule has 20 heavy (non-hydrogen) atoms. The minimum atomic E-state index is -0.270. The molecule has 0 atom stereocenters. The molecule has 0 aliphatic carbocycles. The first kappa shape index (κ1) is 16.4. The lowest BCUT2D eigenvalue weighted by atomic mass is 10.1. The summed E-state index contributed by atoms with van der Waals surface area (Å²) in [5, 5.41) is 6.32. The van der Waals surface area contributed by atoms with Crippen molar-refractivity contribution in [1.29, 1.82) is 0 Å². The number of methoxy groups -OCH3 is 1. The molecule has 0 spiro atoms. The third kappa shape index (κ3) is 5.17. The highest BCUT2D eigenvalue weighted by molar-refractivity contribution is 5.79. The summed E-state index contributed by atoms with van der Waals surface area (Å²) in [6.45, 7) is 6.88. The molecule has 0 bridgehead atoms. The van der Waals surface area contributed by atoms with Crippen LogP contribution in [0.2, 0.25) is 0 Å². The van der Waals surface area contributed by atoms with Gasteiger partial charge in [0.25, 0.3) is 0 Å². The van der Waals surface area contributed by atoms with Crippen molar-refractivity contribution in [2.45, 2.75) is 32.9 Å². The van der Waals surface area contributed by atoms with Gasteiger partial charge in [0.1, 0.15) is 5.82 Å². The normalized spacial score (nSPS) is 12.4. The number of aliphatic imine (C=N–C) groups is 1. The lowest BCUT2D eigenvalue weighted by Crippen LogP contribution is -2.45. The number of aryl methyl sites for hydroxylation is 1. The molecule has 0 amide bonds. The highest BCUT2D eigenvalue weighted by Crippen LogP contribution is 2.09. The third-order valence-electron chi connectivity index (χ3n) is 3.15. The van der Waals surface area contributed by atoms with E-state index in [1.807, 2.05) is 19.9 Å². The highest BCUT2D eigenvalue weighted by Gasteiger charge is 2.16. The molecule has 0 radical (unpaired) electrons. The smallest absolute Gasteiger partial charge is 0.191 e. The molecule has 1 aromatic rings. The third-order valence-corrected chi connectivity index (χ3v) is 3.15. The maximum absolute atomic E-state index is 13.4. The zero-order valence-electron chi connectivity index (χ0n) is 12.9. The van der Waals surface area contributed by atoms with Crippen LogP contribution in [0.1, 0.15) is 25.0 Å². The summed E-state index contributed by atoms with van der Waals surface area (Å²) in [7, 11) is 3.37. The average molecular weight is 281 g/mol. The second-order valence-corrected chi connectivity index (χ2v) is 5.33. The van der Waals surface area contributed by atoms with Gasteiger partial charge in [0, 0.05) is 27.2 Å². The van der Waals surface area contributed by atoms with Crippen molar-refractivity contribution in [3.05, 3.63) is 35.1 Å². The molecule has 0 aliphatic heterocycles. The minimum absolute atomic E-state index is 0.187. The largest absolute Gasteiger partial charge is 0.377 e. The van der Waals surface area contributed by atoms with Gasteiger partial charge < -0.3 is 15.4 Å². The molecule has 0 saturated heterocycles. The van der Waals surface area contributed by atoms with Gasteiger partial charge in [-0.05, 0) is 38.0 Å². The van der Waals surface area contributed by atoms with Gasteiger partial charge >= 0.3 is 0 Å². The van der Waals surface area contributed by atoms with E-state index in [2.05, 4.69) is 15.6 Å². The number of rotatable bonds is 5. The lowest BCUT2D eigenvalue weighted by Gasteiger charge is -2.24. The van der Waals surface area contributed by atoms with Gasteiger partial charge in [0.2, 0.25) is 0 Å². The van der Waals surface area contributed by atoms with Crippen LogP contribution >= 0.6 is 0 Å². The van der Waals surface area contributed by atoms with E-state index >= 15 is 0 Å². The van der Waals surface area contributed by atoms with Crippen LogP contribution in [0.25, 0.3) is 0 Å². The number of nitrogens with one attached hydrogen (secondary N) is 2. The minimum Gasteiger partial charge on any atom is -0.377 e. The van der Waals surface area contributed by atoms with Crippen LogP contribution in [-0.2, 0) is 11.3 Å². The Morgan fingerprint density at radius 3 is 2.60 bits per heavy atom. The van der Waals surface area contributed by atoms with Crippen molar-refractivity contribution in [1.82, 2.24) is 10.6 Å². The fraction of sp³-hybridized carbons (Fsp3) is 0.533. The summed E-state index contributed by atoms with van der Waals surface area (Å²) in [5.74, 6) is 0.476. The Morgan fingerprint density at radius 2 is 2.05 bits per heavy atom. The Bertz CT molecular complexity index is 472. The molecule has 5 heteroatoms. The molecule has 0 heterocycles. The van der Waals surface area contributed by atoms with Gasteiger partial charge in [-0.1, -0.05) is 12.1 Å². The van der Waals surface area contributed by atoms with Crippen molar-refractivity contribution in [2.24, 2.45) is 4.99 Å². The van der Waals surface area contributed by atoms with E-state index in [1.165, 1.54) is 6.07 Å². The van der Waals surface area contributed by atoms with Crippen molar-refractivity contribution < 1.29 is 9.13 Å². The Hall–Kier alpha value is -1.62. The quantitative estimate of drug-likeness (QED) is 0.642. The van der Waals surface area contributed by atoms with Crippen molar-refractivity contribution in [3.8, 4) is 0 Å². The topological polar surface area (TPSA) is 45.7 Å². The Morgan fingerprint density at radius 1 is 1.35 bits per heavy atom. The van der Waals surface area contributed by atoms with E-state index in [1.54, 1.807) is 27.1 Å². The molecule has 0 unspecified atom stereocenters.